The van der Waals surface area contributed by atoms with Crippen LogP contribution in [0.2, 0.25) is 0 Å². The first kappa shape index (κ1) is 32.7. The molecule has 0 amide bonds. The van der Waals surface area contributed by atoms with Gasteiger partial charge in [0.1, 0.15) is 0 Å². The fourth-order valence-corrected chi connectivity index (χ4v) is 8.33. The average Bonchev–Trinajstić information content (AvgIpc) is 3.48. The van der Waals surface area contributed by atoms with E-state index in [4.69, 9.17) is 9.97 Å². The lowest BCUT2D eigenvalue weighted by molar-refractivity contribution is 0.661. The second-order valence-electron chi connectivity index (χ2n) is 15.0. The summed E-state index contributed by atoms with van der Waals surface area (Å²) in [6.45, 7) is 4.69. The molecule has 10 rings (SSSR count). The lowest BCUT2D eigenvalue weighted by Gasteiger charge is -2.22. The van der Waals surface area contributed by atoms with Crippen molar-refractivity contribution in [3.05, 3.63) is 205 Å². The number of hydrogen-bond donors (Lipinski definition) is 0. The molecule has 0 unspecified atom stereocenters. The monoisotopic (exact) mass is 702 g/mol. The fraction of sp³-hybridized carbons (Fsp3) is 0.0566. The third-order valence-corrected chi connectivity index (χ3v) is 11.3. The van der Waals surface area contributed by atoms with Crippen molar-refractivity contribution in [2.75, 3.05) is 0 Å². The van der Waals surface area contributed by atoms with E-state index in [2.05, 4.69) is 202 Å². The molecule has 2 heteroatoms. The maximum Gasteiger partial charge on any atom is 0.160 e. The van der Waals surface area contributed by atoms with E-state index in [9.17, 15) is 0 Å². The van der Waals surface area contributed by atoms with E-state index in [1.165, 1.54) is 60.8 Å². The summed E-state index contributed by atoms with van der Waals surface area (Å²) in [5.74, 6) is 0.719. The zero-order chi connectivity index (χ0) is 36.9. The largest absolute Gasteiger partial charge is 0.228 e. The highest BCUT2D eigenvalue weighted by Crippen LogP contribution is 2.53. The first-order valence-electron chi connectivity index (χ1n) is 19.0. The molecule has 0 saturated carbocycles. The van der Waals surface area contributed by atoms with E-state index in [1.807, 2.05) is 6.07 Å². The van der Waals surface area contributed by atoms with Gasteiger partial charge >= 0.3 is 0 Å². The maximum absolute atomic E-state index is 5.27. The summed E-state index contributed by atoms with van der Waals surface area (Å²) in [4.78, 5) is 10.5. The van der Waals surface area contributed by atoms with Crippen molar-refractivity contribution in [2.24, 2.45) is 0 Å². The topological polar surface area (TPSA) is 25.8 Å². The molecule has 2 nitrogen and oxygen atoms in total. The molecule has 0 aliphatic heterocycles. The Balaban J connectivity index is 1.04. The smallest absolute Gasteiger partial charge is 0.160 e. The van der Waals surface area contributed by atoms with Crippen LogP contribution in [-0.2, 0) is 5.41 Å². The summed E-state index contributed by atoms with van der Waals surface area (Å²) in [7, 11) is 0. The average molecular weight is 703 g/mol. The van der Waals surface area contributed by atoms with Gasteiger partial charge in [-0.2, -0.15) is 0 Å². The van der Waals surface area contributed by atoms with Crippen molar-refractivity contribution >= 4 is 10.8 Å². The van der Waals surface area contributed by atoms with E-state index in [-0.39, 0.29) is 5.41 Å². The Morgan fingerprint density at radius 3 is 1.47 bits per heavy atom. The van der Waals surface area contributed by atoms with Crippen molar-refractivity contribution in [3.63, 3.8) is 0 Å². The van der Waals surface area contributed by atoms with E-state index in [1.54, 1.807) is 0 Å². The molecule has 1 heterocycles. The normalized spacial score (nSPS) is 12.7. The molecule has 0 saturated heterocycles. The molecule has 1 aromatic heterocycles. The summed E-state index contributed by atoms with van der Waals surface area (Å²) in [5.41, 5.74) is 17.3. The van der Waals surface area contributed by atoms with Crippen LogP contribution in [0.5, 0.6) is 0 Å². The Kier molecular flexibility index (Phi) is 7.85. The summed E-state index contributed by atoms with van der Waals surface area (Å²) in [5, 5.41) is 2.52. The second-order valence-corrected chi connectivity index (χ2v) is 15.0. The van der Waals surface area contributed by atoms with Crippen molar-refractivity contribution in [1.29, 1.82) is 0 Å². The first-order chi connectivity index (χ1) is 27.0. The summed E-state index contributed by atoms with van der Waals surface area (Å²) in [6, 6.07) is 69.6. The Labute approximate surface area is 322 Å². The molecule has 8 aromatic carbocycles. The zero-order valence-electron chi connectivity index (χ0n) is 30.9. The highest BCUT2D eigenvalue weighted by Gasteiger charge is 2.37. The van der Waals surface area contributed by atoms with E-state index >= 15 is 0 Å². The molecule has 0 bridgehead atoms. The molecule has 1 aliphatic rings. The van der Waals surface area contributed by atoms with Crippen LogP contribution in [0, 0.1) is 0 Å². The van der Waals surface area contributed by atoms with Crippen LogP contribution >= 0.6 is 0 Å². The summed E-state index contributed by atoms with van der Waals surface area (Å²) >= 11 is 0. The summed E-state index contributed by atoms with van der Waals surface area (Å²) < 4.78 is 0. The van der Waals surface area contributed by atoms with Crippen LogP contribution in [0.3, 0.4) is 0 Å². The molecule has 1 aliphatic carbocycles. The van der Waals surface area contributed by atoms with Gasteiger partial charge in [0.05, 0.1) is 11.4 Å². The van der Waals surface area contributed by atoms with Crippen molar-refractivity contribution < 1.29 is 0 Å². The standard InChI is InChI=1S/C53H38N2/c1-53(2)47-22-12-21-45(51(47)46-32-43-17-9-10-18-44(43)33-48(46)53)50-34-49(54-52(55-50)40-15-7-4-8-16-40)39-29-27-38(28-30-39)42-20-11-19-41(31-42)37-25-23-36(24-26-37)35-13-5-3-6-14-35/h3-34H,1-2H3. The third-order valence-electron chi connectivity index (χ3n) is 11.3. The van der Waals surface area contributed by atoms with Gasteiger partial charge in [0.2, 0.25) is 0 Å². The Bertz CT molecular complexity index is 2850. The number of fused-ring (bicyclic) bond motifs is 4. The van der Waals surface area contributed by atoms with Crippen LogP contribution < -0.4 is 0 Å². The molecule has 0 N–H and O–H groups in total. The van der Waals surface area contributed by atoms with Gasteiger partial charge in [-0.1, -0.05) is 184 Å². The summed E-state index contributed by atoms with van der Waals surface area (Å²) in [6.07, 6.45) is 0. The van der Waals surface area contributed by atoms with E-state index < -0.39 is 0 Å². The molecular formula is C53H38N2. The van der Waals surface area contributed by atoms with Crippen LogP contribution in [0.1, 0.15) is 25.0 Å². The lowest BCUT2D eigenvalue weighted by atomic mass is 9.81. The Hall–Kier alpha value is -6.90. The minimum Gasteiger partial charge on any atom is -0.228 e. The van der Waals surface area contributed by atoms with E-state index in [0.717, 1.165) is 39.5 Å². The van der Waals surface area contributed by atoms with Crippen LogP contribution in [0.25, 0.3) is 89.2 Å². The molecule has 0 spiro atoms. The van der Waals surface area contributed by atoms with Crippen LogP contribution in [0.15, 0.2) is 194 Å². The number of nitrogens with zero attached hydrogens (tertiary/aromatic N) is 2. The minimum atomic E-state index is -0.137. The third kappa shape index (κ3) is 5.84. The van der Waals surface area contributed by atoms with Gasteiger partial charge in [-0.25, -0.2) is 9.97 Å². The van der Waals surface area contributed by atoms with Gasteiger partial charge in [0, 0.05) is 22.1 Å². The quantitative estimate of drug-likeness (QED) is 0.172. The molecule has 55 heavy (non-hydrogen) atoms. The first-order valence-corrected chi connectivity index (χ1v) is 19.0. The Morgan fingerprint density at radius 2 is 0.818 bits per heavy atom. The predicted octanol–water partition coefficient (Wildman–Crippen LogP) is 13.9. The fourth-order valence-electron chi connectivity index (χ4n) is 8.33. The number of benzene rings is 8. The molecule has 260 valence electrons. The molecular weight excluding hydrogens is 665 g/mol. The number of aromatic nitrogens is 2. The number of hydrogen-bond acceptors (Lipinski definition) is 2. The molecule has 0 radical (unpaired) electrons. The van der Waals surface area contributed by atoms with Crippen LogP contribution in [0.4, 0.5) is 0 Å². The van der Waals surface area contributed by atoms with E-state index in [0.29, 0.717) is 0 Å². The van der Waals surface area contributed by atoms with Gasteiger partial charge < -0.3 is 0 Å². The Morgan fingerprint density at radius 1 is 0.327 bits per heavy atom. The molecule has 9 aromatic rings. The van der Waals surface area contributed by atoms with Gasteiger partial charge in [-0.3, -0.25) is 0 Å². The maximum atomic E-state index is 5.27. The van der Waals surface area contributed by atoms with Crippen molar-refractivity contribution in [2.45, 2.75) is 19.3 Å². The van der Waals surface area contributed by atoms with Crippen molar-refractivity contribution in [1.82, 2.24) is 9.97 Å². The SMILES string of the molecule is CC1(C)c2cc3ccccc3cc2-c2c(-c3cc(-c4ccc(-c5cccc(-c6ccc(-c7ccccc7)cc6)c5)cc4)nc(-c4ccccc4)n3)cccc21. The predicted molar refractivity (Wildman–Crippen MR) is 230 cm³/mol. The highest BCUT2D eigenvalue weighted by atomic mass is 14.9. The molecule has 0 fully saturated rings. The van der Waals surface area contributed by atoms with Gasteiger partial charge in [0.15, 0.2) is 5.82 Å². The minimum absolute atomic E-state index is 0.137. The van der Waals surface area contributed by atoms with Gasteiger partial charge in [-0.15, -0.1) is 0 Å². The highest BCUT2D eigenvalue weighted by molar-refractivity contribution is 5.98. The molecule has 0 atom stereocenters. The zero-order valence-corrected chi connectivity index (χ0v) is 30.9. The van der Waals surface area contributed by atoms with Gasteiger partial charge in [-0.05, 0) is 90.7 Å². The van der Waals surface area contributed by atoms with Gasteiger partial charge in [0.25, 0.3) is 0 Å². The van der Waals surface area contributed by atoms with Crippen LogP contribution in [-0.4, -0.2) is 9.97 Å². The number of rotatable bonds is 6. The van der Waals surface area contributed by atoms with Crippen molar-refractivity contribution in [3.8, 4) is 78.4 Å². The second kappa shape index (κ2) is 13.2. The lowest BCUT2D eigenvalue weighted by Crippen LogP contribution is -2.14.